The van der Waals surface area contributed by atoms with Gasteiger partial charge in [0.1, 0.15) is 12.4 Å². The van der Waals surface area contributed by atoms with Crippen molar-refractivity contribution in [2.75, 3.05) is 45.9 Å². The molecular weight excluding hydrogens is 503 g/mol. The van der Waals surface area contributed by atoms with Gasteiger partial charge < -0.3 is 19.9 Å². The summed E-state index contributed by atoms with van der Waals surface area (Å²) in [4.78, 5) is 12.8. The van der Waals surface area contributed by atoms with Crippen molar-refractivity contribution in [1.29, 1.82) is 0 Å². The lowest BCUT2D eigenvalue weighted by Crippen LogP contribution is -2.44. The monoisotopic (exact) mass is 534 g/mol. The quantitative estimate of drug-likeness (QED) is 0.298. The third kappa shape index (κ3) is 7.79. The summed E-state index contributed by atoms with van der Waals surface area (Å²) in [6.07, 6.45) is 2.80. The highest BCUT2D eigenvalue weighted by molar-refractivity contribution is 14.0. The van der Waals surface area contributed by atoms with Crippen molar-refractivity contribution in [2.45, 2.75) is 26.8 Å². The van der Waals surface area contributed by atoms with E-state index in [-0.39, 0.29) is 24.0 Å². The molecule has 11 heteroatoms. The highest BCUT2D eigenvalue weighted by Gasteiger charge is 2.10. The van der Waals surface area contributed by atoms with Gasteiger partial charge in [0.25, 0.3) is 0 Å². The SMILES string of the molecule is Cc1cnc(CCNC(=NCc2nnc(C)n2C)NCCN2CCOCC2)s1.I. The molecular formula is C18H31IN8OS. The fourth-order valence-electron chi connectivity index (χ4n) is 2.87. The molecule has 29 heavy (non-hydrogen) atoms. The Morgan fingerprint density at radius 1 is 1.21 bits per heavy atom. The van der Waals surface area contributed by atoms with Gasteiger partial charge in [-0.3, -0.25) is 4.90 Å². The molecule has 2 aromatic heterocycles. The summed E-state index contributed by atoms with van der Waals surface area (Å²) in [7, 11) is 1.96. The van der Waals surface area contributed by atoms with Crippen LogP contribution in [0.4, 0.5) is 0 Å². The van der Waals surface area contributed by atoms with Crippen LogP contribution in [0.3, 0.4) is 0 Å². The largest absolute Gasteiger partial charge is 0.379 e. The zero-order valence-electron chi connectivity index (χ0n) is 17.3. The Bertz CT molecular complexity index is 772. The summed E-state index contributed by atoms with van der Waals surface area (Å²) in [6, 6.07) is 0. The van der Waals surface area contributed by atoms with E-state index in [9.17, 15) is 0 Å². The van der Waals surface area contributed by atoms with Crippen LogP contribution in [-0.4, -0.2) is 76.5 Å². The Balaban J connectivity index is 0.00000300. The molecule has 0 amide bonds. The van der Waals surface area contributed by atoms with Crippen LogP contribution in [0.1, 0.15) is 21.5 Å². The first-order chi connectivity index (χ1) is 13.6. The maximum atomic E-state index is 5.41. The lowest BCUT2D eigenvalue weighted by atomic mass is 10.4. The molecule has 3 rings (SSSR count). The standard InChI is InChI=1S/C18H30N8OS.HI/c1-14-12-21-17(28-14)4-5-19-18(20-6-7-26-8-10-27-11-9-26)22-13-16-24-23-15(2)25(16)3;/h12H,4-11,13H2,1-3H3,(H2,19,20,22);1H. The van der Waals surface area contributed by atoms with Gasteiger partial charge in [-0.1, -0.05) is 0 Å². The second-order valence-electron chi connectivity index (χ2n) is 6.81. The summed E-state index contributed by atoms with van der Waals surface area (Å²) in [6.45, 7) is 10.7. The summed E-state index contributed by atoms with van der Waals surface area (Å²) < 4.78 is 7.37. The minimum absolute atomic E-state index is 0. The molecule has 1 aliphatic heterocycles. The molecule has 162 valence electrons. The Labute approximate surface area is 193 Å². The lowest BCUT2D eigenvalue weighted by Gasteiger charge is -2.26. The number of morpholine rings is 1. The number of hydrogen-bond donors (Lipinski definition) is 2. The Hall–Kier alpha value is -1.31. The molecule has 1 aliphatic rings. The number of hydrogen-bond acceptors (Lipinski definition) is 7. The number of aryl methyl sites for hydroxylation is 2. The van der Waals surface area contributed by atoms with Crippen molar-refractivity contribution in [3.05, 3.63) is 27.7 Å². The maximum absolute atomic E-state index is 5.41. The van der Waals surface area contributed by atoms with Crippen molar-refractivity contribution in [2.24, 2.45) is 12.0 Å². The van der Waals surface area contributed by atoms with Gasteiger partial charge >= 0.3 is 0 Å². The minimum atomic E-state index is 0. The van der Waals surface area contributed by atoms with Gasteiger partial charge in [-0.2, -0.15) is 0 Å². The molecule has 0 unspecified atom stereocenters. The molecule has 1 fully saturated rings. The van der Waals surface area contributed by atoms with Crippen LogP contribution in [0, 0.1) is 13.8 Å². The van der Waals surface area contributed by atoms with E-state index >= 15 is 0 Å². The van der Waals surface area contributed by atoms with E-state index in [2.05, 4.69) is 37.6 Å². The van der Waals surface area contributed by atoms with Crippen molar-refractivity contribution < 1.29 is 4.74 Å². The molecule has 0 radical (unpaired) electrons. The van der Waals surface area contributed by atoms with Crippen LogP contribution < -0.4 is 10.6 Å². The van der Waals surface area contributed by atoms with Crippen LogP contribution in [-0.2, 0) is 24.8 Å². The second kappa shape index (κ2) is 12.4. The third-order valence-electron chi connectivity index (χ3n) is 4.69. The molecule has 2 N–H and O–H groups in total. The normalized spacial score (nSPS) is 15.2. The van der Waals surface area contributed by atoms with E-state index in [4.69, 9.17) is 9.73 Å². The molecule has 2 aromatic rings. The molecule has 0 saturated carbocycles. The van der Waals surface area contributed by atoms with Gasteiger partial charge in [-0.15, -0.1) is 45.5 Å². The van der Waals surface area contributed by atoms with Gasteiger partial charge in [-0.25, -0.2) is 9.98 Å². The number of halogens is 1. The van der Waals surface area contributed by atoms with Crippen LogP contribution in [0.15, 0.2) is 11.2 Å². The van der Waals surface area contributed by atoms with Crippen molar-refractivity contribution in [3.63, 3.8) is 0 Å². The van der Waals surface area contributed by atoms with E-state index in [1.54, 1.807) is 11.3 Å². The molecule has 0 bridgehead atoms. The van der Waals surface area contributed by atoms with E-state index in [1.807, 2.05) is 24.7 Å². The molecule has 0 atom stereocenters. The average Bonchev–Trinajstić information content (AvgIpc) is 3.26. The van der Waals surface area contributed by atoms with E-state index < -0.39 is 0 Å². The van der Waals surface area contributed by atoms with Crippen LogP contribution in [0.25, 0.3) is 0 Å². The molecule has 0 aliphatic carbocycles. The minimum Gasteiger partial charge on any atom is -0.379 e. The number of rotatable bonds is 8. The molecule has 3 heterocycles. The van der Waals surface area contributed by atoms with E-state index in [1.165, 1.54) is 4.88 Å². The summed E-state index contributed by atoms with van der Waals surface area (Å²) in [5, 5.41) is 16.3. The summed E-state index contributed by atoms with van der Waals surface area (Å²) in [5.74, 6) is 2.53. The lowest BCUT2D eigenvalue weighted by molar-refractivity contribution is 0.0389. The second-order valence-corrected chi connectivity index (χ2v) is 8.13. The first-order valence-corrected chi connectivity index (χ1v) is 10.5. The molecule has 9 nitrogen and oxygen atoms in total. The highest BCUT2D eigenvalue weighted by atomic mass is 127. The summed E-state index contributed by atoms with van der Waals surface area (Å²) in [5.41, 5.74) is 0. The molecule has 1 saturated heterocycles. The smallest absolute Gasteiger partial charge is 0.191 e. The first kappa shape index (κ1) is 24.0. The highest BCUT2D eigenvalue weighted by Crippen LogP contribution is 2.10. The predicted molar refractivity (Wildman–Crippen MR) is 126 cm³/mol. The zero-order chi connectivity index (χ0) is 19.8. The van der Waals surface area contributed by atoms with Crippen molar-refractivity contribution in [1.82, 2.24) is 35.3 Å². The number of aliphatic imine (C=N–C) groups is 1. The predicted octanol–water partition coefficient (Wildman–Crippen LogP) is 1.12. The summed E-state index contributed by atoms with van der Waals surface area (Å²) >= 11 is 1.74. The van der Waals surface area contributed by atoms with Gasteiger partial charge in [0.05, 0.1) is 18.2 Å². The van der Waals surface area contributed by atoms with Crippen LogP contribution in [0.2, 0.25) is 0 Å². The molecule has 0 aromatic carbocycles. The van der Waals surface area contributed by atoms with Gasteiger partial charge in [-0.05, 0) is 13.8 Å². The van der Waals surface area contributed by atoms with E-state index in [0.717, 1.165) is 75.0 Å². The number of guanidine groups is 1. The van der Waals surface area contributed by atoms with E-state index in [0.29, 0.717) is 6.54 Å². The van der Waals surface area contributed by atoms with Gasteiger partial charge in [0.15, 0.2) is 11.8 Å². The number of thiazole rings is 1. The van der Waals surface area contributed by atoms with Crippen molar-refractivity contribution >= 4 is 41.3 Å². The first-order valence-electron chi connectivity index (χ1n) is 9.70. The Morgan fingerprint density at radius 2 is 1.97 bits per heavy atom. The number of aromatic nitrogens is 4. The van der Waals surface area contributed by atoms with Crippen LogP contribution in [0.5, 0.6) is 0 Å². The van der Waals surface area contributed by atoms with Crippen LogP contribution >= 0.6 is 35.3 Å². The van der Waals surface area contributed by atoms with Gasteiger partial charge in [0, 0.05) is 57.3 Å². The number of ether oxygens (including phenoxy) is 1. The fraction of sp³-hybridized carbons (Fsp3) is 0.667. The maximum Gasteiger partial charge on any atom is 0.191 e. The zero-order valence-corrected chi connectivity index (χ0v) is 20.5. The third-order valence-corrected chi connectivity index (χ3v) is 5.66. The number of nitrogens with one attached hydrogen (secondary N) is 2. The Morgan fingerprint density at radius 3 is 2.62 bits per heavy atom. The fourth-order valence-corrected chi connectivity index (χ4v) is 3.66. The molecule has 0 spiro atoms. The number of nitrogens with zero attached hydrogens (tertiary/aromatic N) is 6. The topological polar surface area (TPSA) is 92.5 Å². The van der Waals surface area contributed by atoms with Crippen molar-refractivity contribution in [3.8, 4) is 0 Å². The van der Waals surface area contributed by atoms with Gasteiger partial charge in [0.2, 0.25) is 0 Å². The Kier molecular flexibility index (Phi) is 10.2. The average molecular weight is 534 g/mol.